The van der Waals surface area contributed by atoms with Gasteiger partial charge in [0.15, 0.2) is 11.6 Å². The van der Waals surface area contributed by atoms with Crippen molar-refractivity contribution in [2.75, 3.05) is 20.3 Å². The molecule has 0 saturated heterocycles. The van der Waals surface area contributed by atoms with Gasteiger partial charge in [-0.1, -0.05) is 17.7 Å². The first-order chi connectivity index (χ1) is 15.8. The Hall–Kier alpha value is -3.66. The van der Waals surface area contributed by atoms with Crippen molar-refractivity contribution in [1.29, 1.82) is 0 Å². The molecule has 0 amide bonds. The highest BCUT2D eigenvalue weighted by atomic mass is 32.2. The van der Waals surface area contributed by atoms with Gasteiger partial charge in [-0.3, -0.25) is 0 Å². The van der Waals surface area contributed by atoms with E-state index in [0.29, 0.717) is 22.7 Å². The SMILES string of the molecule is COc1ccc2c(c1)c(OCCOc1ccc(F)cc1F)nn2S(=O)(=O)c1ccc(C)cc1. The fourth-order valence-corrected chi connectivity index (χ4v) is 4.43. The molecule has 172 valence electrons. The summed E-state index contributed by atoms with van der Waals surface area (Å²) in [6.07, 6.45) is 0. The highest BCUT2D eigenvalue weighted by Crippen LogP contribution is 2.31. The molecule has 0 aliphatic carbocycles. The highest BCUT2D eigenvalue weighted by Gasteiger charge is 2.24. The summed E-state index contributed by atoms with van der Waals surface area (Å²) < 4.78 is 70.3. The molecular weight excluding hydrogens is 454 g/mol. The highest BCUT2D eigenvalue weighted by molar-refractivity contribution is 7.90. The van der Waals surface area contributed by atoms with Crippen LogP contribution in [0.2, 0.25) is 0 Å². The van der Waals surface area contributed by atoms with Gasteiger partial charge < -0.3 is 14.2 Å². The Morgan fingerprint density at radius 3 is 2.36 bits per heavy atom. The molecule has 0 saturated carbocycles. The molecule has 0 fully saturated rings. The molecule has 0 atom stereocenters. The van der Waals surface area contributed by atoms with Crippen LogP contribution in [0.25, 0.3) is 10.9 Å². The second-order valence-corrected chi connectivity index (χ2v) is 8.89. The van der Waals surface area contributed by atoms with Crippen LogP contribution < -0.4 is 14.2 Å². The average molecular weight is 474 g/mol. The molecule has 4 aromatic rings. The van der Waals surface area contributed by atoms with E-state index < -0.39 is 21.7 Å². The van der Waals surface area contributed by atoms with Crippen molar-refractivity contribution in [3.8, 4) is 17.4 Å². The predicted molar refractivity (Wildman–Crippen MR) is 117 cm³/mol. The number of halogens is 2. The lowest BCUT2D eigenvalue weighted by atomic mass is 10.2. The van der Waals surface area contributed by atoms with Gasteiger partial charge in [0.05, 0.1) is 22.9 Å². The Morgan fingerprint density at radius 2 is 1.67 bits per heavy atom. The van der Waals surface area contributed by atoms with Gasteiger partial charge in [0.1, 0.15) is 24.8 Å². The minimum Gasteiger partial charge on any atom is -0.497 e. The summed E-state index contributed by atoms with van der Waals surface area (Å²) in [5.74, 6) is -1.14. The lowest BCUT2D eigenvalue weighted by Crippen LogP contribution is -2.15. The zero-order valence-corrected chi connectivity index (χ0v) is 18.6. The fraction of sp³-hybridized carbons (Fsp3) is 0.174. The first kappa shape index (κ1) is 22.5. The molecule has 1 heterocycles. The van der Waals surface area contributed by atoms with Crippen molar-refractivity contribution in [2.24, 2.45) is 0 Å². The largest absolute Gasteiger partial charge is 0.497 e. The van der Waals surface area contributed by atoms with E-state index in [1.807, 2.05) is 6.92 Å². The van der Waals surface area contributed by atoms with Crippen LogP contribution in [0.3, 0.4) is 0 Å². The second kappa shape index (κ2) is 9.07. The molecule has 10 heteroatoms. The van der Waals surface area contributed by atoms with Gasteiger partial charge in [-0.05, 0) is 49.4 Å². The number of rotatable bonds is 8. The van der Waals surface area contributed by atoms with Crippen LogP contribution in [0, 0.1) is 18.6 Å². The summed E-state index contributed by atoms with van der Waals surface area (Å²) in [7, 11) is -2.51. The summed E-state index contributed by atoms with van der Waals surface area (Å²) in [6.45, 7) is 1.72. The monoisotopic (exact) mass is 474 g/mol. The normalized spacial score (nSPS) is 11.5. The van der Waals surface area contributed by atoms with Gasteiger partial charge in [-0.15, -0.1) is 9.19 Å². The minimum absolute atomic E-state index is 0.0442. The van der Waals surface area contributed by atoms with Crippen LogP contribution in [-0.2, 0) is 10.0 Å². The van der Waals surface area contributed by atoms with Crippen LogP contribution in [-0.4, -0.2) is 37.9 Å². The first-order valence-corrected chi connectivity index (χ1v) is 11.3. The molecule has 3 aromatic carbocycles. The van der Waals surface area contributed by atoms with Gasteiger partial charge in [0.25, 0.3) is 10.0 Å². The molecule has 0 radical (unpaired) electrons. The zero-order chi connectivity index (χ0) is 23.6. The van der Waals surface area contributed by atoms with E-state index in [-0.39, 0.29) is 29.7 Å². The van der Waals surface area contributed by atoms with Gasteiger partial charge in [-0.25, -0.2) is 8.78 Å². The maximum atomic E-state index is 13.7. The summed E-state index contributed by atoms with van der Waals surface area (Å²) in [4.78, 5) is 0.0787. The van der Waals surface area contributed by atoms with Gasteiger partial charge >= 0.3 is 0 Å². The smallest absolute Gasteiger partial charge is 0.283 e. The lowest BCUT2D eigenvalue weighted by molar-refractivity contribution is 0.207. The number of methoxy groups -OCH3 is 1. The molecule has 0 spiro atoms. The molecule has 4 rings (SSSR count). The van der Waals surface area contributed by atoms with Gasteiger partial charge in [-0.2, -0.15) is 8.42 Å². The molecular formula is C23H20F2N2O5S. The average Bonchev–Trinajstić information content (AvgIpc) is 3.16. The van der Waals surface area contributed by atoms with E-state index >= 15 is 0 Å². The number of fused-ring (bicyclic) bond motifs is 1. The Bertz CT molecular complexity index is 1400. The van der Waals surface area contributed by atoms with Crippen LogP contribution in [0.15, 0.2) is 65.6 Å². The van der Waals surface area contributed by atoms with E-state index in [1.54, 1.807) is 30.3 Å². The van der Waals surface area contributed by atoms with E-state index in [9.17, 15) is 17.2 Å². The molecule has 0 unspecified atom stereocenters. The van der Waals surface area contributed by atoms with E-state index in [0.717, 1.165) is 15.7 Å². The van der Waals surface area contributed by atoms with E-state index in [2.05, 4.69) is 5.10 Å². The number of aromatic nitrogens is 2. The third-order valence-electron chi connectivity index (χ3n) is 4.84. The third kappa shape index (κ3) is 4.61. The Kier molecular flexibility index (Phi) is 6.19. The molecule has 0 bridgehead atoms. The number of hydrogen-bond acceptors (Lipinski definition) is 6. The van der Waals surface area contributed by atoms with Crippen LogP contribution in [0.1, 0.15) is 5.56 Å². The molecule has 33 heavy (non-hydrogen) atoms. The van der Waals surface area contributed by atoms with E-state index in [4.69, 9.17) is 14.2 Å². The van der Waals surface area contributed by atoms with E-state index in [1.165, 1.54) is 25.3 Å². The first-order valence-electron chi connectivity index (χ1n) is 9.89. The Balaban J connectivity index is 1.61. The topological polar surface area (TPSA) is 79.7 Å². The van der Waals surface area contributed by atoms with Crippen molar-refractivity contribution in [1.82, 2.24) is 9.19 Å². The number of aryl methyl sites for hydroxylation is 1. The fourth-order valence-electron chi connectivity index (χ4n) is 3.15. The molecule has 1 aromatic heterocycles. The van der Waals surface area contributed by atoms with Crippen LogP contribution >= 0.6 is 0 Å². The Morgan fingerprint density at radius 1 is 0.939 bits per heavy atom. The summed E-state index contributed by atoms with van der Waals surface area (Å²) >= 11 is 0. The molecule has 0 N–H and O–H groups in total. The van der Waals surface area contributed by atoms with Gasteiger partial charge in [0, 0.05) is 6.07 Å². The summed E-state index contributed by atoms with van der Waals surface area (Å²) in [6, 6.07) is 14.2. The maximum Gasteiger partial charge on any atom is 0.283 e. The quantitative estimate of drug-likeness (QED) is 0.354. The zero-order valence-electron chi connectivity index (χ0n) is 17.8. The third-order valence-corrected chi connectivity index (χ3v) is 6.44. The number of ether oxygens (including phenoxy) is 3. The van der Waals surface area contributed by atoms with Crippen molar-refractivity contribution in [2.45, 2.75) is 11.8 Å². The number of hydrogen-bond donors (Lipinski definition) is 0. The van der Waals surface area contributed by atoms with Crippen molar-refractivity contribution >= 4 is 20.9 Å². The van der Waals surface area contributed by atoms with Crippen LogP contribution in [0.5, 0.6) is 17.4 Å². The van der Waals surface area contributed by atoms with Crippen molar-refractivity contribution in [3.05, 3.63) is 77.9 Å². The van der Waals surface area contributed by atoms with Gasteiger partial charge in [0.2, 0.25) is 5.88 Å². The van der Waals surface area contributed by atoms with Crippen molar-refractivity contribution in [3.63, 3.8) is 0 Å². The van der Waals surface area contributed by atoms with Crippen molar-refractivity contribution < 1.29 is 31.4 Å². The molecule has 7 nitrogen and oxygen atoms in total. The minimum atomic E-state index is -4.00. The number of nitrogens with zero attached hydrogens (tertiary/aromatic N) is 2. The van der Waals surface area contributed by atoms with Crippen LogP contribution in [0.4, 0.5) is 8.78 Å². The summed E-state index contributed by atoms with van der Waals surface area (Å²) in [5.41, 5.74) is 1.22. The Labute approximate surface area is 189 Å². The number of benzene rings is 3. The standard InChI is InChI=1S/C23H20F2N2O5S/c1-15-3-7-18(8-4-15)33(28,29)27-21-9-6-17(30-2)14-19(21)23(26-27)32-12-11-31-22-10-5-16(24)13-20(22)25/h3-10,13-14H,11-12H2,1-2H3. The lowest BCUT2D eigenvalue weighted by Gasteiger charge is -2.08. The molecule has 0 aliphatic heterocycles. The molecule has 0 aliphatic rings. The second-order valence-electron chi connectivity index (χ2n) is 7.12. The maximum absolute atomic E-state index is 13.7. The summed E-state index contributed by atoms with van der Waals surface area (Å²) in [5, 5.41) is 4.60. The predicted octanol–water partition coefficient (Wildman–Crippen LogP) is 4.33.